The van der Waals surface area contributed by atoms with E-state index in [4.69, 9.17) is 20.6 Å². The predicted octanol–water partition coefficient (Wildman–Crippen LogP) is 2.55. The molecule has 1 saturated heterocycles. The van der Waals surface area contributed by atoms with Crippen LogP contribution in [0, 0.1) is 6.57 Å². The van der Waals surface area contributed by atoms with Crippen LogP contribution >= 0.6 is 0 Å². The number of ether oxygens (including phenoxy) is 1. The van der Waals surface area contributed by atoms with Crippen LogP contribution < -0.4 is 10.2 Å². The summed E-state index contributed by atoms with van der Waals surface area (Å²) in [6.07, 6.45) is 0. The Balaban J connectivity index is 2.37. The van der Waals surface area contributed by atoms with Crippen molar-refractivity contribution in [3.05, 3.63) is 29.6 Å². The van der Waals surface area contributed by atoms with Gasteiger partial charge in [0.25, 0.3) is 0 Å². The number of hydrogen-bond acceptors (Lipinski definition) is 3. The molecule has 1 heterocycles. The van der Waals surface area contributed by atoms with Crippen LogP contribution in [0.2, 0.25) is 0 Å². The standard InChI is InChI=1S/C14H18BNO3/c1-13(2)14(3,4)19-15(18-13)11-8-7-10(17-6)9-12(11)16-5/h7-9H,1-4,6H3. The van der Waals surface area contributed by atoms with Gasteiger partial charge in [0.1, 0.15) is 5.75 Å². The molecule has 0 aliphatic carbocycles. The number of nitrogens with zero attached hydrogens (tertiary/aromatic N) is 1. The fourth-order valence-corrected chi connectivity index (χ4v) is 1.92. The van der Waals surface area contributed by atoms with E-state index in [9.17, 15) is 0 Å². The van der Waals surface area contributed by atoms with Gasteiger partial charge >= 0.3 is 7.12 Å². The molecule has 0 unspecified atom stereocenters. The zero-order valence-corrected chi connectivity index (χ0v) is 12.0. The molecule has 0 radical (unpaired) electrons. The Hall–Kier alpha value is -1.51. The van der Waals surface area contributed by atoms with Crippen molar-refractivity contribution in [3.63, 3.8) is 0 Å². The Bertz CT molecular complexity index is 518. The Morgan fingerprint density at radius 3 is 2.21 bits per heavy atom. The maximum atomic E-state index is 7.28. The van der Waals surface area contributed by atoms with Gasteiger partial charge in [-0.05, 0) is 45.3 Å². The van der Waals surface area contributed by atoms with Crippen molar-refractivity contribution in [1.29, 1.82) is 0 Å². The topological polar surface area (TPSA) is 32.0 Å². The van der Waals surface area contributed by atoms with E-state index in [1.165, 1.54) is 0 Å². The lowest BCUT2D eigenvalue weighted by molar-refractivity contribution is 0.00578. The number of methoxy groups -OCH3 is 1. The molecule has 0 saturated carbocycles. The van der Waals surface area contributed by atoms with Crippen LogP contribution in [0.3, 0.4) is 0 Å². The van der Waals surface area contributed by atoms with Gasteiger partial charge in [0, 0.05) is 0 Å². The normalized spacial score (nSPS) is 20.1. The van der Waals surface area contributed by atoms with Crippen LogP contribution in [-0.4, -0.2) is 25.4 Å². The van der Waals surface area contributed by atoms with E-state index in [1.807, 2.05) is 39.8 Å². The van der Waals surface area contributed by atoms with Gasteiger partial charge in [-0.3, -0.25) is 0 Å². The summed E-state index contributed by atoms with van der Waals surface area (Å²) in [4.78, 5) is 3.53. The molecule has 1 aliphatic rings. The summed E-state index contributed by atoms with van der Waals surface area (Å²) >= 11 is 0. The quantitative estimate of drug-likeness (QED) is 0.604. The SMILES string of the molecule is [C-]#[N+]c1cc(OC)ccc1B1OC(C)(C)C(C)(C)O1. The third-order valence-electron chi connectivity index (χ3n) is 3.87. The molecule has 0 amide bonds. The molecule has 0 atom stereocenters. The summed E-state index contributed by atoms with van der Waals surface area (Å²) in [6.45, 7) is 15.3. The second-order valence-electron chi connectivity index (χ2n) is 5.62. The lowest BCUT2D eigenvalue weighted by Gasteiger charge is -2.32. The first-order chi connectivity index (χ1) is 8.80. The molecule has 1 aromatic carbocycles. The van der Waals surface area contributed by atoms with Crippen LogP contribution in [-0.2, 0) is 9.31 Å². The van der Waals surface area contributed by atoms with E-state index < -0.39 is 18.3 Å². The fourth-order valence-electron chi connectivity index (χ4n) is 1.92. The average Bonchev–Trinajstić information content (AvgIpc) is 2.57. The minimum atomic E-state index is -0.514. The summed E-state index contributed by atoms with van der Waals surface area (Å²) in [6, 6.07) is 5.34. The van der Waals surface area contributed by atoms with Crippen molar-refractivity contribution in [1.82, 2.24) is 0 Å². The van der Waals surface area contributed by atoms with Gasteiger partial charge < -0.3 is 14.0 Å². The van der Waals surface area contributed by atoms with Gasteiger partial charge in [-0.2, -0.15) is 0 Å². The van der Waals surface area contributed by atoms with Crippen LogP contribution in [0.15, 0.2) is 18.2 Å². The molecule has 1 aliphatic heterocycles. The molecule has 0 spiro atoms. The zero-order valence-electron chi connectivity index (χ0n) is 12.0. The Morgan fingerprint density at radius 2 is 1.74 bits per heavy atom. The molecule has 19 heavy (non-hydrogen) atoms. The van der Waals surface area contributed by atoms with E-state index >= 15 is 0 Å². The second kappa shape index (κ2) is 4.55. The van der Waals surface area contributed by atoms with Gasteiger partial charge in [0.05, 0.1) is 24.9 Å². The minimum Gasteiger partial charge on any atom is -0.498 e. The fraction of sp³-hybridized carbons (Fsp3) is 0.500. The molecular weight excluding hydrogens is 241 g/mol. The molecule has 0 bridgehead atoms. The summed E-state index contributed by atoms with van der Waals surface area (Å²) in [5, 5.41) is 0. The maximum absolute atomic E-state index is 7.28. The molecular formula is C14H18BNO3. The van der Waals surface area contributed by atoms with E-state index in [0.717, 1.165) is 5.46 Å². The summed E-state index contributed by atoms with van der Waals surface area (Å²) < 4.78 is 17.1. The number of rotatable bonds is 2. The Morgan fingerprint density at radius 1 is 1.16 bits per heavy atom. The van der Waals surface area contributed by atoms with E-state index in [-0.39, 0.29) is 0 Å². The smallest absolute Gasteiger partial charge is 0.483 e. The highest BCUT2D eigenvalue weighted by Crippen LogP contribution is 2.37. The second-order valence-corrected chi connectivity index (χ2v) is 5.62. The molecule has 0 N–H and O–H groups in total. The van der Waals surface area contributed by atoms with Crippen LogP contribution in [0.5, 0.6) is 5.75 Å². The maximum Gasteiger partial charge on any atom is 0.483 e. The third-order valence-corrected chi connectivity index (χ3v) is 3.87. The number of hydrogen-bond donors (Lipinski definition) is 0. The first-order valence-electron chi connectivity index (χ1n) is 6.22. The first kappa shape index (κ1) is 13.9. The van der Waals surface area contributed by atoms with Crippen molar-refractivity contribution in [2.24, 2.45) is 0 Å². The lowest BCUT2D eigenvalue weighted by Crippen LogP contribution is -2.41. The van der Waals surface area contributed by atoms with Crippen molar-refractivity contribution in [2.45, 2.75) is 38.9 Å². The van der Waals surface area contributed by atoms with Crippen molar-refractivity contribution >= 4 is 18.3 Å². The monoisotopic (exact) mass is 259 g/mol. The van der Waals surface area contributed by atoms with Gasteiger partial charge in [0.15, 0.2) is 5.69 Å². The molecule has 1 fully saturated rings. The van der Waals surface area contributed by atoms with Crippen LogP contribution in [0.25, 0.3) is 4.85 Å². The highest BCUT2D eigenvalue weighted by Gasteiger charge is 2.52. The van der Waals surface area contributed by atoms with E-state index in [2.05, 4.69) is 4.85 Å². The average molecular weight is 259 g/mol. The lowest BCUT2D eigenvalue weighted by atomic mass is 9.78. The third kappa shape index (κ3) is 2.34. The van der Waals surface area contributed by atoms with Gasteiger partial charge in [-0.25, -0.2) is 4.85 Å². The summed E-state index contributed by atoms with van der Waals surface area (Å²) in [5.41, 5.74) is 0.431. The van der Waals surface area contributed by atoms with Crippen molar-refractivity contribution in [2.75, 3.05) is 7.11 Å². The van der Waals surface area contributed by atoms with Gasteiger partial charge in [-0.15, -0.1) is 0 Å². The van der Waals surface area contributed by atoms with Crippen molar-refractivity contribution < 1.29 is 14.0 Å². The van der Waals surface area contributed by atoms with Crippen molar-refractivity contribution in [3.8, 4) is 5.75 Å². The molecule has 1 aromatic rings. The van der Waals surface area contributed by atoms with E-state index in [0.29, 0.717) is 11.4 Å². The molecule has 4 nitrogen and oxygen atoms in total. The van der Waals surface area contributed by atoms with Gasteiger partial charge in [-0.1, -0.05) is 6.07 Å². The predicted molar refractivity (Wildman–Crippen MR) is 75.0 cm³/mol. The van der Waals surface area contributed by atoms with Crippen LogP contribution in [0.4, 0.5) is 5.69 Å². The van der Waals surface area contributed by atoms with Crippen LogP contribution in [0.1, 0.15) is 27.7 Å². The van der Waals surface area contributed by atoms with E-state index in [1.54, 1.807) is 13.2 Å². The molecule has 2 rings (SSSR count). The summed E-state index contributed by atoms with van der Waals surface area (Å²) in [7, 11) is 1.07. The minimum absolute atomic E-state index is 0.406. The molecule has 0 aromatic heterocycles. The molecule has 5 heteroatoms. The number of benzene rings is 1. The Kier molecular flexibility index (Phi) is 3.33. The molecule has 100 valence electrons. The highest BCUT2D eigenvalue weighted by atomic mass is 16.7. The summed E-state index contributed by atoms with van der Waals surface area (Å²) in [5.74, 6) is 0.659. The van der Waals surface area contributed by atoms with Gasteiger partial charge in [0.2, 0.25) is 0 Å². The zero-order chi connectivity index (χ0) is 14.3. The largest absolute Gasteiger partial charge is 0.498 e. The highest BCUT2D eigenvalue weighted by molar-refractivity contribution is 6.64. The first-order valence-corrected chi connectivity index (χ1v) is 6.22. The Labute approximate surface area is 114 Å².